The number of hydrogen-bond acceptors (Lipinski definition) is 8. The molecule has 16 heteroatoms. The van der Waals surface area contributed by atoms with E-state index in [0.29, 0.717) is 18.4 Å². The van der Waals surface area contributed by atoms with Crippen molar-refractivity contribution >= 4 is 29.6 Å². The van der Waals surface area contributed by atoms with Crippen LogP contribution in [0, 0.1) is 0 Å². The van der Waals surface area contributed by atoms with E-state index in [1.54, 1.807) is 67.6 Å². The molecular formula is C36H50F3N7O6. The molecule has 6 atom stereocenters. The number of carboxylic acid groups (broad SMARTS) is 1. The number of halogens is 3. The number of piperidine rings is 1. The number of amides is 4. The zero-order chi connectivity index (χ0) is 38.5. The molecule has 3 rings (SSSR count). The molecule has 52 heavy (non-hydrogen) atoms. The minimum atomic E-state index is -4.68. The Bertz CT molecular complexity index is 1500. The molecule has 1 heterocycles. The fraction of sp³-hybridized carbons (Fsp3) is 0.528. The van der Waals surface area contributed by atoms with E-state index in [1.807, 2.05) is 0 Å². The molecule has 13 nitrogen and oxygen atoms in total. The quantitative estimate of drug-likeness (QED) is 0.110. The van der Waals surface area contributed by atoms with Crippen LogP contribution >= 0.6 is 0 Å². The van der Waals surface area contributed by atoms with Crippen molar-refractivity contribution in [1.82, 2.24) is 20.9 Å². The van der Waals surface area contributed by atoms with Crippen molar-refractivity contribution in [3.05, 3.63) is 71.8 Å². The van der Waals surface area contributed by atoms with Gasteiger partial charge in [-0.1, -0.05) is 60.7 Å². The molecule has 1 saturated heterocycles. The standard InChI is InChI=1S/C36H50F3N7O6/c1-23-22-35(42,34(51)52)17-19-46(23)33(50)28(14-8-9-18-40)44-31(48)27(15-16-36(37,38)39)43-32(49)29(21-25-12-6-3-7-13-25)45-30(47)26(41)20-24-10-4-2-5-11-24/h2-7,10-13,23,26-29H,8-9,14-22,40-42H2,1H3,(H,43,49)(H,44,48)(H,45,47)(H,51,52)/t23?,26-,27?,28-,29-,35?/m1/s1. The van der Waals surface area contributed by atoms with Gasteiger partial charge in [0.15, 0.2) is 0 Å². The molecule has 10 N–H and O–H groups in total. The summed E-state index contributed by atoms with van der Waals surface area (Å²) in [7, 11) is 0. The number of alkyl halides is 3. The number of nitrogens with one attached hydrogen (secondary N) is 3. The second-order valence-corrected chi connectivity index (χ2v) is 13.4. The molecule has 2 aromatic rings. The van der Waals surface area contributed by atoms with E-state index in [0.717, 1.165) is 5.56 Å². The summed E-state index contributed by atoms with van der Waals surface area (Å²) in [5, 5.41) is 17.1. The first-order valence-electron chi connectivity index (χ1n) is 17.4. The van der Waals surface area contributed by atoms with Gasteiger partial charge in [-0.15, -0.1) is 0 Å². The SMILES string of the molecule is CC1CC(N)(C(=O)O)CCN1C(=O)[C@@H](CCCCN)NC(=O)C(CCC(F)(F)F)NC(=O)[C@@H](Cc1ccccc1)NC(=O)[C@H](N)Cc1ccccc1. The average molecular weight is 734 g/mol. The summed E-state index contributed by atoms with van der Waals surface area (Å²) in [6, 6.07) is 11.6. The molecule has 0 bridgehead atoms. The molecule has 2 aromatic carbocycles. The lowest BCUT2D eigenvalue weighted by molar-refractivity contribution is -0.150. The minimum Gasteiger partial charge on any atom is -0.480 e. The zero-order valence-corrected chi connectivity index (χ0v) is 29.2. The maximum absolute atomic E-state index is 13.8. The third-order valence-electron chi connectivity index (χ3n) is 9.16. The van der Waals surface area contributed by atoms with Crippen LogP contribution in [0.25, 0.3) is 0 Å². The van der Waals surface area contributed by atoms with Gasteiger partial charge in [-0.2, -0.15) is 13.2 Å². The fourth-order valence-electron chi connectivity index (χ4n) is 6.17. The van der Waals surface area contributed by atoms with Gasteiger partial charge >= 0.3 is 12.1 Å². The van der Waals surface area contributed by atoms with Gasteiger partial charge in [-0.25, -0.2) is 0 Å². The van der Waals surface area contributed by atoms with Crippen LogP contribution < -0.4 is 33.2 Å². The van der Waals surface area contributed by atoms with Crippen LogP contribution in [-0.2, 0) is 36.8 Å². The Hall–Kier alpha value is -4.54. The van der Waals surface area contributed by atoms with Crippen molar-refractivity contribution in [2.45, 2.75) is 107 Å². The van der Waals surface area contributed by atoms with E-state index in [9.17, 15) is 42.3 Å². The number of hydrogen-bond donors (Lipinski definition) is 7. The molecule has 4 amide bonds. The molecule has 0 aromatic heterocycles. The van der Waals surface area contributed by atoms with E-state index < -0.39 is 84.4 Å². The molecule has 1 aliphatic rings. The van der Waals surface area contributed by atoms with E-state index in [1.165, 1.54) is 4.90 Å². The highest BCUT2D eigenvalue weighted by Crippen LogP contribution is 2.27. The van der Waals surface area contributed by atoms with Gasteiger partial charge in [0.1, 0.15) is 23.7 Å². The lowest BCUT2D eigenvalue weighted by Gasteiger charge is -2.42. The average Bonchev–Trinajstić information content (AvgIpc) is 3.09. The topological polar surface area (TPSA) is 223 Å². The summed E-state index contributed by atoms with van der Waals surface area (Å²) in [5.74, 6) is -4.40. The summed E-state index contributed by atoms with van der Waals surface area (Å²) < 4.78 is 40.4. The predicted molar refractivity (Wildman–Crippen MR) is 187 cm³/mol. The normalized spacial score (nSPS) is 19.8. The summed E-state index contributed by atoms with van der Waals surface area (Å²) in [6.45, 7) is 1.89. The second kappa shape index (κ2) is 19.3. The van der Waals surface area contributed by atoms with Gasteiger partial charge in [0, 0.05) is 25.4 Å². The number of benzene rings is 2. The highest BCUT2D eigenvalue weighted by molar-refractivity contribution is 5.95. The predicted octanol–water partition coefficient (Wildman–Crippen LogP) is 1.52. The van der Waals surface area contributed by atoms with Gasteiger partial charge in [0.05, 0.1) is 6.04 Å². The van der Waals surface area contributed by atoms with Gasteiger partial charge in [0.25, 0.3) is 0 Å². The van der Waals surface area contributed by atoms with E-state index in [4.69, 9.17) is 17.2 Å². The number of likely N-dealkylation sites (tertiary alicyclic amines) is 1. The van der Waals surface area contributed by atoms with Gasteiger partial charge in [-0.05, 0) is 69.5 Å². The Morgan fingerprint density at radius 3 is 1.92 bits per heavy atom. The maximum Gasteiger partial charge on any atom is 0.389 e. The smallest absolute Gasteiger partial charge is 0.389 e. The number of nitrogens with two attached hydrogens (primary N) is 3. The number of nitrogens with zero attached hydrogens (tertiary/aromatic N) is 1. The summed E-state index contributed by atoms with van der Waals surface area (Å²) in [6.07, 6.45) is -5.99. The van der Waals surface area contributed by atoms with Crippen molar-refractivity contribution in [3.63, 3.8) is 0 Å². The molecule has 1 aliphatic heterocycles. The van der Waals surface area contributed by atoms with Gasteiger partial charge < -0.3 is 43.2 Å². The first-order chi connectivity index (χ1) is 24.5. The molecule has 3 unspecified atom stereocenters. The zero-order valence-electron chi connectivity index (χ0n) is 29.2. The first kappa shape index (κ1) is 41.9. The molecule has 286 valence electrons. The molecule has 0 saturated carbocycles. The molecule has 0 spiro atoms. The number of rotatable bonds is 18. The van der Waals surface area contributed by atoms with E-state index in [-0.39, 0.29) is 45.2 Å². The third kappa shape index (κ3) is 12.9. The summed E-state index contributed by atoms with van der Waals surface area (Å²) >= 11 is 0. The highest BCUT2D eigenvalue weighted by atomic mass is 19.4. The van der Waals surface area contributed by atoms with Crippen molar-refractivity contribution in [3.8, 4) is 0 Å². The highest BCUT2D eigenvalue weighted by Gasteiger charge is 2.44. The molecular weight excluding hydrogens is 683 g/mol. The van der Waals surface area contributed by atoms with Gasteiger partial charge in [-0.3, -0.25) is 24.0 Å². The Kier molecular flexibility index (Phi) is 15.6. The number of unbranched alkanes of at least 4 members (excludes halogenated alkanes) is 1. The number of aliphatic carboxylic acids is 1. The maximum atomic E-state index is 13.8. The van der Waals surface area contributed by atoms with E-state index >= 15 is 0 Å². The van der Waals surface area contributed by atoms with Crippen molar-refractivity contribution in [1.29, 1.82) is 0 Å². The van der Waals surface area contributed by atoms with Crippen LogP contribution in [-0.4, -0.2) is 94.6 Å². The Labute approximate surface area is 301 Å². The Balaban J connectivity index is 1.83. The van der Waals surface area contributed by atoms with Crippen LogP contribution in [0.1, 0.15) is 63.0 Å². The van der Waals surface area contributed by atoms with Crippen molar-refractivity contribution in [2.24, 2.45) is 17.2 Å². The van der Waals surface area contributed by atoms with E-state index in [2.05, 4.69) is 16.0 Å². The third-order valence-corrected chi connectivity index (χ3v) is 9.16. The van der Waals surface area contributed by atoms with Gasteiger partial charge in [0.2, 0.25) is 23.6 Å². The lowest BCUT2D eigenvalue weighted by atomic mass is 9.84. The Morgan fingerprint density at radius 2 is 1.38 bits per heavy atom. The van der Waals surface area contributed by atoms with Crippen molar-refractivity contribution in [2.75, 3.05) is 13.1 Å². The number of carbonyl (C=O) groups excluding carboxylic acids is 4. The van der Waals surface area contributed by atoms with Crippen LogP contribution in [0.15, 0.2) is 60.7 Å². The lowest BCUT2D eigenvalue weighted by Crippen LogP contribution is -2.63. The number of carboxylic acids is 1. The largest absolute Gasteiger partial charge is 0.480 e. The minimum absolute atomic E-state index is 0.0203. The van der Waals surface area contributed by atoms with Crippen molar-refractivity contribution < 1.29 is 42.3 Å². The molecule has 1 fully saturated rings. The summed E-state index contributed by atoms with van der Waals surface area (Å²) in [4.78, 5) is 67.6. The fourth-order valence-corrected chi connectivity index (χ4v) is 6.17. The first-order valence-corrected chi connectivity index (χ1v) is 17.4. The molecule has 0 radical (unpaired) electrons. The number of carbonyl (C=O) groups is 5. The Morgan fingerprint density at radius 1 is 0.846 bits per heavy atom. The van der Waals surface area contributed by atoms with Crippen LogP contribution in [0.4, 0.5) is 13.2 Å². The van der Waals surface area contributed by atoms with Crippen LogP contribution in [0.5, 0.6) is 0 Å². The monoisotopic (exact) mass is 733 g/mol. The van der Waals surface area contributed by atoms with Crippen LogP contribution in [0.3, 0.4) is 0 Å². The second-order valence-electron chi connectivity index (χ2n) is 13.4. The summed E-state index contributed by atoms with van der Waals surface area (Å²) in [5.41, 5.74) is 17.7. The van der Waals surface area contributed by atoms with Crippen LogP contribution in [0.2, 0.25) is 0 Å². The molecule has 0 aliphatic carbocycles.